The predicted molar refractivity (Wildman–Crippen MR) is 64.3 cm³/mol. The maximum atomic E-state index is 5.88. The minimum absolute atomic E-state index is 0.654. The van der Waals surface area contributed by atoms with E-state index in [0.29, 0.717) is 6.61 Å². The Morgan fingerprint density at radius 3 is 2.60 bits per heavy atom. The van der Waals surface area contributed by atoms with Gasteiger partial charge in [-0.2, -0.15) is 0 Å². The minimum atomic E-state index is 0.654. The second kappa shape index (κ2) is 5.61. The van der Waals surface area contributed by atoms with Gasteiger partial charge in [-0.1, -0.05) is 6.07 Å². The van der Waals surface area contributed by atoms with Gasteiger partial charge in [0.2, 0.25) is 0 Å². The predicted octanol–water partition coefficient (Wildman–Crippen LogP) is 1.77. The molecular formula is C12H20N2O. The van der Waals surface area contributed by atoms with E-state index >= 15 is 0 Å². The third kappa shape index (κ3) is 3.80. The van der Waals surface area contributed by atoms with Gasteiger partial charge in [0.15, 0.2) is 0 Å². The maximum absolute atomic E-state index is 5.88. The van der Waals surface area contributed by atoms with Gasteiger partial charge in [-0.15, -0.1) is 0 Å². The van der Waals surface area contributed by atoms with Crippen LogP contribution in [0.25, 0.3) is 0 Å². The number of nitrogens with zero attached hydrogens (tertiary/aromatic N) is 1. The van der Waals surface area contributed by atoms with Crippen molar-refractivity contribution in [1.82, 2.24) is 4.90 Å². The molecule has 0 heterocycles. The van der Waals surface area contributed by atoms with Gasteiger partial charge in [0, 0.05) is 6.54 Å². The first-order valence-electron chi connectivity index (χ1n) is 5.29. The van der Waals surface area contributed by atoms with Gasteiger partial charge in [0.25, 0.3) is 0 Å². The fraction of sp³-hybridized carbons (Fsp3) is 0.500. The smallest absolute Gasteiger partial charge is 0.142 e. The first kappa shape index (κ1) is 11.9. The number of ether oxygens (including phenoxy) is 1. The Morgan fingerprint density at radius 2 is 2.07 bits per heavy atom. The summed E-state index contributed by atoms with van der Waals surface area (Å²) in [6.45, 7) is 3.65. The summed E-state index contributed by atoms with van der Waals surface area (Å²) in [4.78, 5) is 2.16. The van der Waals surface area contributed by atoms with E-state index in [0.717, 1.165) is 24.4 Å². The molecule has 1 rings (SSSR count). The molecule has 0 amide bonds. The number of likely N-dealkylation sites (N-methyl/N-ethyl adjacent to an activating group) is 1. The molecule has 0 unspecified atom stereocenters. The van der Waals surface area contributed by atoms with Crippen LogP contribution in [0.1, 0.15) is 12.5 Å². The highest BCUT2D eigenvalue weighted by atomic mass is 16.5. The van der Waals surface area contributed by atoms with Crippen LogP contribution in [0.3, 0.4) is 0 Å². The molecule has 2 N–H and O–H groups in total. The second-order valence-electron chi connectivity index (χ2n) is 3.86. The number of rotatable bonds is 5. The van der Waals surface area contributed by atoms with E-state index in [-0.39, 0.29) is 0 Å². The van der Waals surface area contributed by atoms with Gasteiger partial charge in [-0.05, 0) is 45.1 Å². The number of anilines is 1. The van der Waals surface area contributed by atoms with E-state index in [1.165, 1.54) is 5.56 Å². The summed E-state index contributed by atoms with van der Waals surface area (Å²) in [5.41, 5.74) is 7.86. The van der Waals surface area contributed by atoms with Crippen molar-refractivity contribution < 1.29 is 4.74 Å². The summed E-state index contributed by atoms with van der Waals surface area (Å²) in [7, 11) is 4.13. The number of nitrogens with two attached hydrogens (primary N) is 1. The fourth-order valence-electron chi connectivity index (χ4n) is 1.39. The largest absolute Gasteiger partial charge is 0.492 e. The Balaban J connectivity index is 2.64. The van der Waals surface area contributed by atoms with Crippen LogP contribution in [-0.2, 0) is 6.42 Å². The monoisotopic (exact) mass is 208 g/mol. The third-order valence-electron chi connectivity index (χ3n) is 2.22. The minimum Gasteiger partial charge on any atom is -0.492 e. The van der Waals surface area contributed by atoms with E-state index in [4.69, 9.17) is 10.5 Å². The van der Waals surface area contributed by atoms with Gasteiger partial charge < -0.3 is 15.4 Å². The van der Waals surface area contributed by atoms with Crippen molar-refractivity contribution in [3.63, 3.8) is 0 Å². The molecule has 0 aliphatic carbocycles. The Labute approximate surface area is 91.8 Å². The average Bonchev–Trinajstić information content (AvgIpc) is 2.19. The van der Waals surface area contributed by atoms with E-state index < -0.39 is 0 Å². The SMILES string of the molecule is CCOc1ccc(CCN(C)C)cc1N. The van der Waals surface area contributed by atoms with Crippen LogP contribution in [0.2, 0.25) is 0 Å². The van der Waals surface area contributed by atoms with Crippen LogP contribution < -0.4 is 10.5 Å². The molecule has 0 fully saturated rings. The van der Waals surface area contributed by atoms with E-state index in [2.05, 4.69) is 25.1 Å². The number of hydrogen-bond donors (Lipinski definition) is 1. The molecule has 0 aliphatic rings. The zero-order chi connectivity index (χ0) is 11.3. The third-order valence-corrected chi connectivity index (χ3v) is 2.22. The molecular weight excluding hydrogens is 188 g/mol. The van der Waals surface area contributed by atoms with Gasteiger partial charge in [-0.25, -0.2) is 0 Å². The van der Waals surface area contributed by atoms with Crippen molar-refractivity contribution in [3.8, 4) is 5.75 Å². The van der Waals surface area contributed by atoms with E-state index in [1.807, 2.05) is 19.1 Å². The second-order valence-corrected chi connectivity index (χ2v) is 3.86. The van der Waals surface area contributed by atoms with Crippen LogP contribution in [0, 0.1) is 0 Å². The molecule has 0 spiro atoms. The van der Waals surface area contributed by atoms with Gasteiger partial charge in [0.1, 0.15) is 5.75 Å². The Bertz CT molecular complexity index is 310. The van der Waals surface area contributed by atoms with Gasteiger partial charge >= 0.3 is 0 Å². The lowest BCUT2D eigenvalue weighted by molar-refractivity contribution is 0.342. The summed E-state index contributed by atoms with van der Waals surface area (Å²) < 4.78 is 5.38. The number of benzene rings is 1. The molecule has 84 valence electrons. The zero-order valence-electron chi connectivity index (χ0n) is 9.79. The Kier molecular flexibility index (Phi) is 4.43. The first-order valence-corrected chi connectivity index (χ1v) is 5.29. The van der Waals surface area contributed by atoms with Crippen LogP contribution in [-0.4, -0.2) is 32.1 Å². The molecule has 0 bridgehead atoms. The van der Waals surface area contributed by atoms with Crippen LogP contribution in [0.4, 0.5) is 5.69 Å². The van der Waals surface area contributed by atoms with Crippen molar-refractivity contribution in [2.24, 2.45) is 0 Å². The molecule has 0 saturated carbocycles. The van der Waals surface area contributed by atoms with E-state index in [1.54, 1.807) is 0 Å². The normalized spacial score (nSPS) is 10.7. The highest BCUT2D eigenvalue weighted by molar-refractivity contribution is 5.54. The van der Waals surface area contributed by atoms with Crippen molar-refractivity contribution in [2.45, 2.75) is 13.3 Å². The molecule has 15 heavy (non-hydrogen) atoms. The first-order chi connectivity index (χ1) is 7.13. The van der Waals surface area contributed by atoms with Crippen molar-refractivity contribution >= 4 is 5.69 Å². The maximum Gasteiger partial charge on any atom is 0.142 e. The average molecular weight is 208 g/mol. The molecule has 3 heteroatoms. The lowest BCUT2D eigenvalue weighted by atomic mass is 10.1. The Hall–Kier alpha value is -1.22. The molecule has 0 aromatic heterocycles. The van der Waals surface area contributed by atoms with Crippen molar-refractivity contribution in [2.75, 3.05) is 33.0 Å². The summed E-state index contributed by atoms with van der Waals surface area (Å²) in [5.74, 6) is 0.783. The summed E-state index contributed by atoms with van der Waals surface area (Å²) >= 11 is 0. The van der Waals surface area contributed by atoms with Crippen molar-refractivity contribution in [3.05, 3.63) is 23.8 Å². The standard InChI is InChI=1S/C12H20N2O/c1-4-15-12-6-5-10(9-11(12)13)7-8-14(2)3/h5-6,9H,4,7-8,13H2,1-3H3. The highest BCUT2D eigenvalue weighted by Gasteiger charge is 2.01. The molecule has 3 nitrogen and oxygen atoms in total. The summed E-state index contributed by atoms with van der Waals surface area (Å²) in [6, 6.07) is 6.02. The number of nitrogen functional groups attached to an aromatic ring is 1. The molecule has 0 aliphatic heterocycles. The summed E-state index contributed by atoms with van der Waals surface area (Å²) in [5, 5.41) is 0. The zero-order valence-corrected chi connectivity index (χ0v) is 9.79. The molecule has 0 radical (unpaired) electrons. The fourth-order valence-corrected chi connectivity index (χ4v) is 1.39. The van der Waals surface area contributed by atoms with Crippen LogP contribution in [0.5, 0.6) is 5.75 Å². The van der Waals surface area contributed by atoms with Crippen molar-refractivity contribution in [1.29, 1.82) is 0 Å². The molecule has 1 aromatic rings. The lowest BCUT2D eigenvalue weighted by Crippen LogP contribution is -2.15. The number of hydrogen-bond acceptors (Lipinski definition) is 3. The lowest BCUT2D eigenvalue weighted by Gasteiger charge is -2.11. The summed E-state index contributed by atoms with van der Waals surface area (Å²) in [6.07, 6.45) is 1.02. The molecule has 1 aromatic carbocycles. The van der Waals surface area contributed by atoms with E-state index in [9.17, 15) is 0 Å². The molecule has 0 saturated heterocycles. The quantitative estimate of drug-likeness (QED) is 0.749. The molecule has 0 atom stereocenters. The Morgan fingerprint density at radius 1 is 1.33 bits per heavy atom. The van der Waals surface area contributed by atoms with Crippen LogP contribution in [0.15, 0.2) is 18.2 Å². The van der Waals surface area contributed by atoms with Gasteiger partial charge in [-0.3, -0.25) is 0 Å². The highest BCUT2D eigenvalue weighted by Crippen LogP contribution is 2.22. The topological polar surface area (TPSA) is 38.5 Å². The van der Waals surface area contributed by atoms with Crippen LogP contribution >= 0.6 is 0 Å². The van der Waals surface area contributed by atoms with Gasteiger partial charge in [0.05, 0.1) is 12.3 Å².